The number of carbonyl (C=O) groups excluding carboxylic acids is 1. The molecule has 1 amide bonds. The van der Waals surface area contributed by atoms with Crippen LogP contribution in [0.3, 0.4) is 0 Å². The summed E-state index contributed by atoms with van der Waals surface area (Å²) in [6, 6.07) is 0.292. The summed E-state index contributed by atoms with van der Waals surface area (Å²) in [6.07, 6.45) is 2.70. The van der Waals surface area contributed by atoms with Gasteiger partial charge in [-0.25, -0.2) is 0 Å². The van der Waals surface area contributed by atoms with Gasteiger partial charge in [0.1, 0.15) is 0 Å². The average molecular weight is 228 g/mol. The van der Waals surface area contributed by atoms with E-state index in [0.29, 0.717) is 6.04 Å². The second-order valence-electron chi connectivity index (χ2n) is 5.03. The van der Waals surface area contributed by atoms with Crippen LogP contribution < -0.4 is 0 Å². The van der Waals surface area contributed by atoms with Gasteiger partial charge in [0, 0.05) is 20.1 Å². The summed E-state index contributed by atoms with van der Waals surface area (Å²) in [6.45, 7) is 4.75. The van der Waals surface area contributed by atoms with Crippen LogP contribution in [-0.4, -0.2) is 59.6 Å². The van der Waals surface area contributed by atoms with Crippen LogP contribution in [0.4, 0.5) is 0 Å². The van der Waals surface area contributed by atoms with Crippen molar-refractivity contribution in [2.24, 2.45) is 0 Å². The maximum atomic E-state index is 11.9. The lowest BCUT2D eigenvalue weighted by Crippen LogP contribution is -2.47. The van der Waals surface area contributed by atoms with Crippen molar-refractivity contribution in [2.45, 2.75) is 51.3 Å². The van der Waals surface area contributed by atoms with Gasteiger partial charge >= 0.3 is 0 Å². The molecule has 1 saturated heterocycles. The lowest BCUT2D eigenvalue weighted by atomic mass is 10.1. The first kappa shape index (κ1) is 13.5. The third-order valence-electron chi connectivity index (χ3n) is 3.33. The minimum Gasteiger partial charge on any atom is -0.393 e. The molecule has 3 unspecified atom stereocenters. The molecule has 0 aromatic rings. The van der Waals surface area contributed by atoms with Crippen molar-refractivity contribution >= 4 is 5.91 Å². The van der Waals surface area contributed by atoms with Gasteiger partial charge in [-0.05, 0) is 39.7 Å². The molecule has 0 bridgehead atoms. The minimum absolute atomic E-state index is 0.0683. The van der Waals surface area contributed by atoms with Crippen molar-refractivity contribution in [3.63, 3.8) is 0 Å². The summed E-state index contributed by atoms with van der Waals surface area (Å²) in [5, 5.41) is 9.44. The SMILES string of the molecule is CC(O)CC1CCCN1C(C)C(=O)N(C)C. The zero-order chi connectivity index (χ0) is 12.3. The molecule has 4 heteroatoms. The number of carbonyl (C=O) groups is 1. The molecule has 1 aliphatic heterocycles. The number of likely N-dealkylation sites (N-methyl/N-ethyl adjacent to an activating group) is 1. The Morgan fingerprint density at radius 2 is 2.12 bits per heavy atom. The number of hydrogen-bond acceptors (Lipinski definition) is 3. The van der Waals surface area contributed by atoms with Crippen LogP contribution in [0.15, 0.2) is 0 Å². The molecular formula is C12H24N2O2. The van der Waals surface area contributed by atoms with Crippen LogP contribution >= 0.6 is 0 Å². The number of amides is 1. The number of aliphatic hydroxyl groups is 1. The van der Waals surface area contributed by atoms with E-state index in [9.17, 15) is 9.90 Å². The van der Waals surface area contributed by atoms with Crippen molar-refractivity contribution in [1.82, 2.24) is 9.80 Å². The second kappa shape index (κ2) is 5.64. The maximum absolute atomic E-state index is 11.9. The molecule has 4 nitrogen and oxygen atoms in total. The predicted molar refractivity (Wildman–Crippen MR) is 64.2 cm³/mol. The summed E-state index contributed by atoms with van der Waals surface area (Å²) >= 11 is 0. The first-order chi connectivity index (χ1) is 7.43. The quantitative estimate of drug-likeness (QED) is 0.770. The van der Waals surface area contributed by atoms with Gasteiger partial charge in [-0.1, -0.05) is 0 Å². The molecular weight excluding hydrogens is 204 g/mol. The van der Waals surface area contributed by atoms with Crippen LogP contribution in [0.2, 0.25) is 0 Å². The van der Waals surface area contributed by atoms with Gasteiger partial charge in [0.15, 0.2) is 0 Å². The molecule has 0 aromatic heterocycles. The molecule has 1 fully saturated rings. The van der Waals surface area contributed by atoms with Gasteiger partial charge < -0.3 is 10.0 Å². The summed E-state index contributed by atoms with van der Waals surface area (Å²) in [4.78, 5) is 15.8. The smallest absolute Gasteiger partial charge is 0.239 e. The lowest BCUT2D eigenvalue weighted by Gasteiger charge is -2.31. The fourth-order valence-electron chi connectivity index (χ4n) is 2.53. The summed E-state index contributed by atoms with van der Waals surface area (Å²) in [5.74, 6) is 0.150. The highest BCUT2D eigenvalue weighted by Gasteiger charge is 2.32. The molecule has 1 rings (SSSR count). The van der Waals surface area contributed by atoms with E-state index in [1.54, 1.807) is 19.0 Å². The van der Waals surface area contributed by atoms with Crippen molar-refractivity contribution < 1.29 is 9.90 Å². The third-order valence-corrected chi connectivity index (χ3v) is 3.33. The number of hydrogen-bond donors (Lipinski definition) is 1. The van der Waals surface area contributed by atoms with E-state index in [4.69, 9.17) is 0 Å². The number of rotatable bonds is 4. The Balaban J connectivity index is 2.60. The first-order valence-corrected chi connectivity index (χ1v) is 6.08. The maximum Gasteiger partial charge on any atom is 0.239 e. The highest BCUT2D eigenvalue weighted by Crippen LogP contribution is 2.24. The molecule has 0 saturated carbocycles. The highest BCUT2D eigenvalue weighted by molar-refractivity contribution is 5.81. The van der Waals surface area contributed by atoms with E-state index in [1.165, 1.54) is 0 Å². The number of aliphatic hydroxyl groups excluding tert-OH is 1. The van der Waals surface area contributed by atoms with E-state index >= 15 is 0 Å². The van der Waals surface area contributed by atoms with Crippen LogP contribution in [0.25, 0.3) is 0 Å². The molecule has 0 aliphatic carbocycles. The van der Waals surface area contributed by atoms with Crippen LogP contribution in [0, 0.1) is 0 Å². The van der Waals surface area contributed by atoms with Crippen molar-refractivity contribution in [2.75, 3.05) is 20.6 Å². The van der Waals surface area contributed by atoms with Gasteiger partial charge in [0.25, 0.3) is 0 Å². The fraction of sp³-hybridized carbons (Fsp3) is 0.917. The van der Waals surface area contributed by atoms with Crippen LogP contribution in [-0.2, 0) is 4.79 Å². The molecule has 0 radical (unpaired) electrons. The fourth-order valence-corrected chi connectivity index (χ4v) is 2.53. The van der Waals surface area contributed by atoms with Crippen molar-refractivity contribution in [1.29, 1.82) is 0 Å². The van der Waals surface area contributed by atoms with Gasteiger partial charge in [0.05, 0.1) is 12.1 Å². The molecule has 94 valence electrons. The Labute approximate surface area is 98.2 Å². The molecule has 16 heavy (non-hydrogen) atoms. The van der Waals surface area contributed by atoms with E-state index in [0.717, 1.165) is 25.8 Å². The molecule has 1 N–H and O–H groups in total. The predicted octanol–water partition coefficient (Wildman–Crippen LogP) is 0.698. The van der Waals surface area contributed by atoms with Crippen LogP contribution in [0.1, 0.15) is 33.1 Å². The van der Waals surface area contributed by atoms with Gasteiger partial charge in [-0.15, -0.1) is 0 Å². The Kier molecular flexibility index (Phi) is 4.74. The topological polar surface area (TPSA) is 43.8 Å². The number of nitrogens with zero attached hydrogens (tertiary/aromatic N) is 2. The molecule has 0 aromatic carbocycles. The van der Waals surface area contributed by atoms with E-state index in [1.807, 2.05) is 13.8 Å². The normalized spacial score (nSPS) is 25.4. The molecule has 0 spiro atoms. The van der Waals surface area contributed by atoms with E-state index in [2.05, 4.69) is 4.90 Å². The molecule has 1 aliphatic rings. The Hall–Kier alpha value is -0.610. The van der Waals surface area contributed by atoms with E-state index in [-0.39, 0.29) is 18.1 Å². The first-order valence-electron chi connectivity index (χ1n) is 6.08. The van der Waals surface area contributed by atoms with Crippen molar-refractivity contribution in [3.05, 3.63) is 0 Å². The zero-order valence-electron chi connectivity index (χ0n) is 10.8. The largest absolute Gasteiger partial charge is 0.393 e. The summed E-state index contributed by atoms with van der Waals surface area (Å²) in [7, 11) is 3.58. The Morgan fingerprint density at radius 3 is 2.62 bits per heavy atom. The summed E-state index contributed by atoms with van der Waals surface area (Å²) < 4.78 is 0. The summed E-state index contributed by atoms with van der Waals surface area (Å²) in [5.41, 5.74) is 0. The van der Waals surface area contributed by atoms with Crippen molar-refractivity contribution in [3.8, 4) is 0 Å². The van der Waals surface area contributed by atoms with Gasteiger partial charge in [-0.2, -0.15) is 0 Å². The second-order valence-corrected chi connectivity index (χ2v) is 5.03. The highest BCUT2D eigenvalue weighted by atomic mass is 16.3. The molecule has 3 atom stereocenters. The Bertz CT molecular complexity index is 241. The average Bonchev–Trinajstić information content (AvgIpc) is 2.62. The Morgan fingerprint density at radius 1 is 1.50 bits per heavy atom. The minimum atomic E-state index is -0.285. The molecule has 1 heterocycles. The number of likely N-dealkylation sites (tertiary alicyclic amines) is 1. The monoisotopic (exact) mass is 228 g/mol. The van der Waals surface area contributed by atoms with Crippen LogP contribution in [0.5, 0.6) is 0 Å². The zero-order valence-corrected chi connectivity index (χ0v) is 10.8. The standard InChI is InChI=1S/C12H24N2O2/c1-9(15)8-11-6-5-7-14(11)10(2)12(16)13(3)4/h9-11,15H,5-8H2,1-4H3. The third kappa shape index (κ3) is 3.19. The van der Waals surface area contributed by atoms with Gasteiger partial charge in [-0.3, -0.25) is 9.69 Å². The van der Waals surface area contributed by atoms with Gasteiger partial charge in [0.2, 0.25) is 5.91 Å². The lowest BCUT2D eigenvalue weighted by molar-refractivity contribution is -0.134. The van der Waals surface area contributed by atoms with E-state index < -0.39 is 0 Å².